The van der Waals surface area contributed by atoms with Crippen LogP contribution in [0.3, 0.4) is 0 Å². The molecule has 0 spiro atoms. The number of aromatic nitrogens is 1. The molecule has 0 radical (unpaired) electrons. The normalized spacial score (nSPS) is 12.3. The van der Waals surface area contributed by atoms with Crippen LogP contribution in [0.1, 0.15) is 24.2 Å². The highest BCUT2D eigenvalue weighted by Gasteiger charge is 2.10. The quantitative estimate of drug-likeness (QED) is 0.739. The molecule has 0 aliphatic carbocycles. The molecule has 0 fully saturated rings. The summed E-state index contributed by atoms with van der Waals surface area (Å²) in [6.45, 7) is 4.21. The van der Waals surface area contributed by atoms with Crippen molar-refractivity contribution < 1.29 is 0 Å². The largest absolute Gasteiger partial charge is 0.377 e. The number of nitrogens with one attached hydrogen (secondary N) is 1. The Hall–Kier alpha value is -2.35. The Kier molecular flexibility index (Phi) is 3.38. The Bertz CT molecular complexity index is 729. The molecule has 3 aromatic rings. The minimum absolute atomic E-state index is 0.240. The molecule has 2 aromatic carbocycles. The van der Waals surface area contributed by atoms with Crippen molar-refractivity contribution in [3.05, 3.63) is 72.1 Å². The molecule has 1 heterocycles. The van der Waals surface area contributed by atoms with Crippen LogP contribution in [0.25, 0.3) is 10.8 Å². The van der Waals surface area contributed by atoms with E-state index in [9.17, 15) is 0 Å². The average Bonchev–Trinajstić information content (AvgIpc) is 2.49. The number of hydrogen-bond acceptors (Lipinski definition) is 2. The van der Waals surface area contributed by atoms with Gasteiger partial charge in [0, 0.05) is 12.2 Å². The molecule has 100 valence electrons. The monoisotopic (exact) mass is 262 g/mol. The van der Waals surface area contributed by atoms with E-state index >= 15 is 0 Å². The van der Waals surface area contributed by atoms with Crippen LogP contribution in [0.4, 0.5) is 5.69 Å². The Balaban J connectivity index is 1.97. The van der Waals surface area contributed by atoms with Gasteiger partial charge in [0.2, 0.25) is 0 Å². The number of hydrogen-bond donors (Lipinski definition) is 1. The summed E-state index contributed by atoms with van der Waals surface area (Å²) < 4.78 is 0. The Morgan fingerprint density at radius 1 is 0.950 bits per heavy atom. The fourth-order valence-corrected chi connectivity index (χ4v) is 2.58. The highest BCUT2D eigenvalue weighted by molar-refractivity contribution is 5.86. The zero-order chi connectivity index (χ0) is 13.9. The molecule has 0 amide bonds. The van der Waals surface area contributed by atoms with Gasteiger partial charge in [-0.2, -0.15) is 0 Å². The van der Waals surface area contributed by atoms with E-state index in [1.54, 1.807) is 0 Å². The molecule has 20 heavy (non-hydrogen) atoms. The molecular formula is C18H18N2. The van der Waals surface area contributed by atoms with E-state index in [1.165, 1.54) is 16.3 Å². The van der Waals surface area contributed by atoms with Crippen LogP contribution < -0.4 is 5.32 Å². The number of benzene rings is 2. The molecule has 0 aliphatic rings. The Labute approximate surface area is 119 Å². The maximum atomic E-state index is 4.33. The van der Waals surface area contributed by atoms with Gasteiger partial charge in [0.25, 0.3) is 0 Å². The first kappa shape index (κ1) is 12.7. The fourth-order valence-electron chi connectivity index (χ4n) is 2.58. The van der Waals surface area contributed by atoms with Gasteiger partial charge in [0.1, 0.15) is 0 Å². The van der Waals surface area contributed by atoms with E-state index < -0.39 is 0 Å². The first-order valence-electron chi connectivity index (χ1n) is 6.91. The van der Waals surface area contributed by atoms with Crippen LogP contribution in [0.5, 0.6) is 0 Å². The summed E-state index contributed by atoms with van der Waals surface area (Å²) in [6.07, 6.45) is 1.82. The van der Waals surface area contributed by atoms with Crippen LogP contribution in [0, 0.1) is 6.92 Å². The van der Waals surface area contributed by atoms with Crippen LogP contribution in [-0.4, -0.2) is 4.98 Å². The SMILES string of the molecule is Cc1ncccc1NC(C)c1cccc2ccccc12. The van der Waals surface area contributed by atoms with E-state index in [0.717, 1.165) is 11.4 Å². The van der Waals surface area contributed by atoms with Gasteiger partial charge in [-0.1, -0.05) is 42.5 Å². The lowest BCUT2D eigenvalue weighted by atomic mass is 9.99. The third-order valence-corrected chi connectivity index (χ3v) is 3.67. The summed E-state index contributed by atoms with van der Waals surface area (Å²) in [5.74, 6) is 0. The van der Waals surface area contributed by atoms with Gasteiger partial charge in [-0.15, -0.1) is 0 Å². The average molecular weight is 262 g/mol. The van der Waals surface area contributed by atoms with Crippen LogP contribution in [-0.2, 0) is 0 Å². The van der Waals surface area contributed by atoms with Gasteiger partial charge in [0.05, 0.1) is 11.4 Å². The standard InChI is InChI=1S/C18H18N2/c1-13(20-18-11-6-12-19-14(18)2)16-10-5-8-15-7-3-4-9-17(15)16/h3-13,20H,1-2H3. The minimum atomic E-state index is 0.240. The van der Waals surface area contributed by atoms with Gasteiger partial charge < -0.3 is 5.32 Å². The number of aryl methyl sites for hydroxylation is 1. The maximum absolute atomic E-state index is 4.33. The van der Waals surface area contributed by atoms with Crippen molar-refractivity contribution in [3.8, 4) is 0 Å². The smallest absolute Gasteiger partial charge is 0.0603 e. The maximum Gasteiger partial charge on any atom is 0.0603 e. The fraction of sp³-hybridized carbons (Fsp3) is 0.167. The van der Waals surface area contributed by atoms with Gasteiger partial charge in [0.15, 0.2) is 0 Å². The highest BCUT2D eigenvalue weighted by atomic mass is 14.9. The second-order valence-electron chi connectivity index (χ2n) is 5.07. The molecule has 0 bridgehead atoms. The zero-order valence-electron chi connectivity index (χ0n) is 11.8. The topological polar surface area (TPSA) is 24.9 Å². The van der Waals surface area contributed by atoms with E-state index in [2.05, 4.69) is 65.8 Å². The summed E-state index contributed by atoms with van der Waals surface area (Å²) >= 11 is 0. The summed E-state index contributed by atoms with van der Waals surface area (Å²) in [6, 6.07) is 19.2. The first-order chi connectivity index (χ1) is 9.75. The van der Waals surface area contributed by atoms with Gasteiger partial charge >= 0.3 is 0 Å². The first-order valence-corrected chi connectivity index (χ1v) is 6.91. The number of anilines is 1. The van der Waals surface area contributed by atoms with Crippen molar-refractivity contribution in [2.24, 2.45) is 0 Å². The van der Waals surface area contributed by atoms with Gasteiger partial charge in [-0.25, -0.2) is 0 Å². The number of fused-ring (bicyclic) bond motifs is 1. The van der Waals surface area contributed by atoms with Crippen molar-refractivity contribution in [1.29, 1.82) is 0 Å². The molecule has 0 aliphatic heterocycles. The van der Waals surface area contributed by atoms with Crippen molar-refractivity contribution in [2.75, 3.05) is 5.32 Å². The number of nitrogens with zero attached hydrogens (tertiary/aromatic N) is 1. The van der Waals surface area contributed by atoms with Crippen molar-refractivity contribution >= 4 is 16.5 Å². The lowest BCUT2D eigenvalue weighted by molar-refractivity contribution is 0.888. The Morgan fingerprint density at radius 2 is 1.75 bits per heavy atom. The molecule has 2 nitrogen and oxygen atoms in total. The Morgan fingerprint density at radius 3 is 2.60 bits per heavy atom. The van der Waals surface area contributed by atoms with E-state index in [4.69, 9.17) is 0 Å². The molecule has 1 atom stereocenters. The second kappa shape index (κ2) is 5.33. The van der Waals surface area contributed by atoms with Gasteiger partial charge in [-0.3, -0.25) is 4.98 Å². The van der Waals surface area contributed by atoms with E-state index in [1.807, 2.05) is 19.2 Å². The molecule has 1 N–H and O–H groups in total. The van der Waals surface area contributed by atoms with Gasteiger partial charge in [-0.05, 0) is 42.3 Å². The van der Waals surface area contributed by atoms with Crippen LogP contribution in [0.2, 0.25) is 0 Å². The summed E-state index contributed by atoms with van der Waals surface area (Å²) in [5.41, 5.74) is 3.43. The minimum Gasteiger partial charge on any atom is -0.377 e. The summed E-state index contributed by atoms with van der Waals surface area (Å²) in [5, 5.41) is 6.14. The molecule has 1 aromatic heterocycles. The van der Waals surface area contributed by atoms with Crippen molar-refractivity contribution in [2.45, 2.75) is 19.9 Å². The molecule has 0 saturated carbocycles. The second-order valence-corrected chi connectivity index (χ2v) is 5.07. The predicted molar refractivity (Wildman–Crippen MR) is 85.0 cm³/mol. The number of rotatable bonds is 3. The third kappa shape index (κ3) is 2.37. The molecular weight excluding hydrogens is 244 g/mol. The molecule has 3 rings (SSSR count). The van der Waals surface area contributed by atoms with E-state index in [0.29, 0.717) is 0 Å². The third-order valence-electron chi connectivity index (χ3n) is 3.67. The highest BCUT2D eigenvalue weighted by Crippen LogP contribution is 2.27. The molecule has 2 heteroatoms. The lowest BCUT2D eigenvalue weighted by Crippen LogP contribution is -2.08. The van der Waals surface area contributed by atoms with Crippen LogP contribution >= 0.6 is 0 Å². The summed E-state index contributed by atoms with van der Waals surface area (Å²) in [7, 11) is 0. The van der Waals surface area contributed by atoms with Crippen molar-refractivity contribution in [1.82, 2.24) is 4.98 Å². The molecule has 0 saturated heterocycles. The molecule has 1 unspecified atom stereocenters. The van der Waals surface area contributed by atoms with E-state index in [-0.39, 0.29) is 6.04 Å². The zero-order valence-corrected chi connectivity index (χ0v) is 11.8. The predicted octanol–water partition coefficient (Wildman–Crippen LogP) is 4.72. The number of pyridine rings is 1. The summed E-state index contributed by atoms with van der Waals surface area (Å²) in [4.78, 5) is 4.33. The van der Waals surface area contributed by atoms with Crippen LogP contribution in [0.15, 0.2) is 60.8 Å². The van der Waals surface area contributed by atoms with Crippen molar-refractivity contribution in [3.63, 3.8) is 0 Å². The lowest BCUT2D eigenvalue weighted by Gasteiger charge is -2.18.